The molecular weight excluding hydrogens is 312 g/mol. The van der Waals surface area contributed by atoms with Crippen LogP contribution in [0.25, 0.3) is 0 Å². The molecule has 0 N–H and O–H groups in total. The van der Waals surface area contributed by atoms with E-state index in [9.17, 15) is 13.2 Å². The van der Waals surface area contributed by atoms with Crippen molar-refractivity contribution in [2.75, 3.05) is 38.5 Å². The van der Waals surface area contributed by atoms with Gasteiger partial charge in [-0.25, -0.2) is 8.42 Å². The van der Waals surface area contributed by atoms with Crippen molar-refractivity contribution in [3.05, 3.63) is 30.3 Å². The Hall–Kier alpha value is -1.40. The molecule has 2 rings (SSSR count). The number of carbonyl (C=O) groups is 1. The first-order chi connectivity index (χ1) is 10.7. The molecule has 1 heterocycles. The lowest BCUT2D eigenvalue weighted by atomic mass is 9.94. The number of amides is 1. The highest BCUT2D eigenvalue weighted by atomic mass is 32.2. The van der Waals surface area contributed by atoms with Gasteiger partial charge >= 0.3 is 0 Å². The minimum atomic E-state index is -3.23. The summed E-state index contributed by atoms with van der Waals surface area (Å²) in [6.45, 7) is 9.08. The molecule has 23 heavy (non-hydrogen) atoms. The predicted molar refractivity (Wildman–Crippen MR) is 91.0 cm³/mol. The summed E-state index contributed by atoms with van der Waals surface area (Å²) in [7, 11) is -3.23. The second kappa shape index (κ2) is 7.01. The number of sulfone groups is 1. The maximum absolute atomic E-state index is 12.3. The van der Waals surface area contributed by atoms with E-state index in [1.807, 2.05) is 31.7 Å². The summed E-state index contributed by atoms with van der Waals surface area (Å²) in [5.74, 6) is 0.276. The van der Waals surface area contributed by atoms with Crippen LogP contribution in [0.15, 0.2) is 35.2 Å². The van der Waals surface area contributed by atoms with Crippen molar-refractivity contribution < 1.29 is 13.2 Å². The summed E-state index contributed by atoms with van der Waals surface area (Å²) < 4.78 is 24.6. The van der Waals surface area contributed by atoms with E-state index >= 15 is 0 Å². The number of carbonyl (C=O) groups excluding carboxylic acids is 1. The van der Waals surface area contributed by atoms with Gasteiger partial charge in [-0.1, -0.05) is 39.0 Å². The molecule has 0 atom stereocenters. The van der Waals surface area contributed by atoms with Gasteiger partial charge in [-0.2, -0.15) is 0 Å². The Bertz CT molecular complexity index is 628. The normalized spacial score (nSPS) is 17.3. The van der Waals surface area contributed by atoms with Crippen molar-refractivity contribution in [2.24, 2.45) is 5.41 Å². The van der Waals surface area contributed by atoms with Crippen LogP contribution in [0.4, 0.5) is 0 Å². The largest absolute Gasteiger partial charge is 0.340 e. The van der Waals surface area contributed by atoms with Gasteiger partial charge in [0.05, 0.1) is 10.6 Å². The fraction of sp³-hybridized carbons (Fsp3) is 0.588. The molecule has 0 aliphatic carbocycles. The molecule has 0 bridgehead atoms. The highest BCUT2D eigenvalue weighted by molar-refractivity contribution is 7.91. The molecule has 1 saturated heterocycles. The molecule has 1 aromatic rings. The molecule has 128 valence electrons. The van der Waals surface area contributed by atoms with Crippen LogP contribution in [0.5, 0.6) is 0 Å². The van der Waals surface area contributed by atoms with Crippen molar-refractivity contribution in [2.45, 2.75) is 25.7 Å². The van der Waals surface area contributed by atoms with E-state index in [1.165, 1.54) is 0 Å². The Morgan fingerprint density at radius 2 is 1.61 bits per heavy atom. The molecular formula is C17H26N2O3S. The third kappa shape index (κ3) is 4.78. The van der Waals surface area contributed by atoms with E-state index < -0.39 is 9.84 Å². The van der Waals surface area contributed by atoms with Gasteiger partial charge in [0.25, 0.3) is 0 Å². The van der Waals surface area contributed by atoms with Gasteiger partial charge in [0, 0.05) is 38.1 Å². The zero-order valence-corrected chi connectivity index (χ0v) is 15.0. The highest BCUT2D eigenvalue weighted by Gasteiger charge is 2.29. The molecule has 0 aromatic heterocycles. The van der Waals surface area contributed by atoms with E-state index in [4.69, 9.17) is 0 Å². The first kappa shape index (κ1) is 17.9. The number of nitrogens with zero attached hydrogens (tertiary/aromatic N) is 2. The number of hydrogen-bond donors (Lipinski definition) is 0. The van der Waals surface area contributed by atoms with Crippen LogP contribution >= 0.6 is 0 Å². The summed E-state index contributed by atoms with van der Waals surface area (Å²) in [6.07, 6.45) is 0. The Kier molecular flexibility index (Phi) is 5.47. The average molecular weight is 338 g/mol. The summed E-state index contributed by atoms with van der Waals surface area (Å²) in [5, 5.41) is 0. The minimum Gasteiger partial charge on any atom is -0.340 e. The molecule has 1 amide bonds. The number of hydrogen-bond acceptors (Lipinski definition) is 4. The van der Waals surface area contributed by atoms with Gasteiger partial charge in [0.15, 0.2) is 9.84 Å². The first-order valence-electron chi connectivity index (χ1n) is 8.00. The lowest BCUT2D eigenvalue weighted by Crippen LogP contribution is -2.52. The van der Waals surface area contributed by atoms with Crippen LogP contribution in [0.1, 0.15) is 20.8 Å². The molecule has 0 unspecified atom stereocenters. The monoisotopic (exact) mass is 338 g/mol. The van der Waals surface area contributed by atoms with E-state index in [0.29, 0.717) is 24.5 Å². The molecule has 0 spiro atoms. The molecule has 1 fully saturated rings. The Labute approximate surface area is 139 Å². The Morgan fingerprint density at radius 3 is 2.13 bits per heavy atom. The average Bonchev–Trinajstić information content (AvgIpc) is 2.53. The maximum atomic E-state index is 12.3. The van der Waals surface area contributed by atoms with Crippen LogP contribution in [0.3, 0.4) is 0 Å². The second-order valence-electron chi connectivity index (χ2n) is 7.02. The fourth-order valence-corrected chi connectivity index (χ4v) is 3.95. The Balaban J connectivity index is 1.85. The topological polar surface area (TPSA) is 57.7 Å². The third-order valence-corrected chi connectivity index (χ3v) is 5.79. The standard InChI is InChI=1S/C17H26N2O3S/c1-17(2,3)16(20)19-11-9-18(10-12-19)13-14-23(21,22)15-7-5-4-6-8-15/h4-8H,9-14H2,1-3H3. The van der Waals surface area contributed by atoms with Gasteiger partial charge in [0.1, 0.15) is 0 Å². The zero-order chi connectivity index (χ0) is 17.1. The van der Waals surface area contributed by atoms with Crippen molar-refractivity contribution in [3.8, 4) is 0 Å². The zero-order valence-electron chi connectivity index (χ0n) is 14.2. The number of rotatable bonds is 4. The van der Waals surface area contributed by atoms with Gasteiger partial charge in [0.2, 0.25) is 5.91 Å². The lowest BCUT2D eigenvalue weighted by Gasteiger charge is -2.37. The van der Waals surface area contributed by atoms with Gasteiger partial charge in [-0.15, -0.1) is 0 Å². The molecule has 1 aliphatic rings. The summed E-state index contributed by atoms with van der Waals surface area (Å²) in [5.41, 5.74) is -0.362. The molecule has 6 heteroatoms. The smallest absolute Gasteiger partial charge is 0.228 e. The molecule has 1 aromatic carbocycles. The van der Waals surface area contributed by atoms with Crippen molar-refractivity contribution in [1.29, 1.82) is 0 Å². The van der Waals surface area contributed by atoms with Crippen molar-refractivity contribution in [1.82, 2.24) is 9.80 Å². The maximum Gasteiger partial charge on any atom is 0.228 e. The molecule has 0 saturated carbocycles. The van der Waals surface area contributed by atoms with E-state index in [1.54, 1.807) is 24.3 Å². The summed E-state index contributed by atoms with van der Waals surface area (Å²) >= 11 is 0. The lowest BCUT2D eigenvalue weighted by molar-refractivity contribution is -0.141. The summed E-state index contributed by atoms with van der Waals surface area (Å²) in [6, 6.07) is 8.56. The third-order valence-electron chi connectivity index (χ3n) is 4.08. The van der Waals surface area contributed by atoms with Gasteiger partial charge in [-0.05, 0) is 12.1 Å². The molecule has 5 nitrogen and oxygen atoms in total. The highest BCUT2D eigenvalue weighted by Crippen LogP contribution is 2.18. The minimum absolute atomic E-state index is 0.115. The predicted octanol–water partition coefficient (Wildman–Crippen LogP) is 1.65. The number of piperazine rings is 1. The number of benzene rings is 1. The van der Waals surface area contributed by atoms with E-state index in [-0.39, 0.29) is 17.1 Å². The molecule has 0 radical (unpaired) electrons. The second-order valence-corrected chi connectivity index (χ2v) is 9.12. The quantitative estimate of drug-likeness (QED) is 0.838. The first-order valence-corrected chi connectivity index (χ1v) is 9.65. The van der Waals surface area contributed by atoms with Gasteiger partial charge in [-0.3, -0.25) is 9.69 Å². The van der Waals surface area contributed by atoms with E-state index in [0.717, 1.165) is 13.1 Å². The van der Waals surface area contributed by atoms with Crippen molar-refractivity contribution in [3.63, 3.8) is 0 Å². The van der Waals surface area contributed by atoms with E-state index in [2.05, 4.69) is 4.90 Å². The van der Waals surface area contributed by atoms with Crippen LogP contribution in [-0.4, -0.2) is 62.6 Å². The van der Waals surface area contributed by atoms with Gasteiger partial charge < -0.3 is 4.90 Å². The summed E-state index contributed by atoms with van der Waals surface area (Å²) in [4.78, 5) is 16.6. The van der Waals surface area contributed by atoms with Crippen molar-refractivity contribution >= 4 is 15.7 Å². The Morgan fingerprint density at radius 1 is 1.04 bits per heavy atom. The van der Waals surface area contributed by atoms with Crippen LogP contribution in [-0.2, 0) is 14.6 Å². The SMILES string of the molecule is CC(C)(C)C(=O)N1CCN(CCS(=O)(=O)c2ccccc2)CC1. The van der Waals surface area contributed by atoms with Crippen LogP contribution in [0.2, 0.25) is 0 Å². The van der Waals surface area contributed by atoms with Crippen LogP contribution < -0.4 is 0 Å². The van der Waals surface area contributed by atoms with Crippen LogP contribution in [0, 0.1) is 5.41 Å². The molecule has 1 aliphatic heterocycles. The fourth-order valence-electron chi connectivity index (χ4n) is 2.64.